The molecule has 0 aliphatic rings. The van der Waals surface area contributed by atoms with Crippen LogP contribution in [-0.2, 0) is 15.9 Å². The van der Waals surface area contributed by atoms with Gasteiger partial charge < -0.3 is 14.8 Å². The van der Waals surface area contributed by atoms with Crippen LogP contribution in [0.15, 0.2) is 24.3 Å². The monoisotopic (exact) mass is 254 g/mol. The molecule has 0 amide bonds. The minimum absolute atomic E-state index is 0.116. The molecule has 1 aromatic rings. The van der Waals surface area contributed by atoms with E-state index < -0.39 is 4.92 Å². The highest BCUT2D eigenvalue weighted by Gasteiger charge is 2.05. The first-order valence-electron chi connectivity index (χ1n) is 5.67. The lowest BCUT2D eigenvalue weighted by Crippen LogP contribution is -2.31. The van der Waals surface area contributed by atoms with Crippen LogP contribution in [0.3, 0.4) is 0 Å². The number of hydrogen-bond acceptors (Lipinski definition) is 5. The van der Waals surface area contributed by atoms with Gasteiger partial charge in [-0.25, -0.2) is 0 Å². The lowest BCUT2D eigenvalue weighted by molar-refractivity contribution is -0.384. The Morgan fingerprint density at radius 2 is 1.89 bits per heavy atom. The second-order valence-corrected chi connectivity index (χ2v) is 3.78. The molecule has 0 aliphatic heterocycles. The molecule has 0 unspecified atom stereocenters. The maximum absolute atomic E-state index is 10.5. The number of benzene rings is 1. The first-order valence-corrected chi connectivity index (χ1v) is 5.67. The Hall–Kier alpha value is -1.50. The van der Waals surface area contributed by atoms with Gasteiger partial charge in [0.1, 0.15) is 0 Å². The summed E-state index contributed by atoms with van der Waals surface area (Å²) in [6.07, 6.45) is 0.555. The summed E-state index contributed by atoms with van der Waals surface area (Å²) in [5.74, 6) is 0. The minimum atomic E-state index is -0.399. The average molecular weight is 254 g/mol. The molecule has 1 rings (SSSR count). The first kappa shape index (κ1) is 14.6. The maximum atomic E-state index is 10.5. The molecule has 0 atom stereocenters. The van der Waals surface area contributed by atoms with Crippen molar-refractivity contribution in [1.29, 1.82) is 0 Å². The van der Waals surface area contributed by atoms with Crippen molar-refractivity contribution in [2.75, 3.05) is 27.3 Å². The predicted octanol–water partition coefficient (Wildman–Crippen LogP) is 1.35. The smallest absolute Gasteiger partial charge is 0.269 e. The van der Waals surface area contributed by atoms with Gasteiger partial charge in [-0.15, -0.1) is 0 Å². The van der Waals surface area contributed by atoms with Crippen LogP contribution in [-0.4, -0.2) is 38.5 Å². The van der Waals surface area contributed by atoms with E-state index in [4.69, 9.17) is 9.47 Å². The van der Waals surface area contributed by atoms with Gasteiger partial charge in [-0.2, -0.15) is 0 Å². The normalized spacial score (nSPS) is 10.8. The third kappa shape index (κ3) is 4.79. The van der Waals surface area contributed by atoms with Crippen LogP contribution in [0, 0.1) is 10.1 Å². The third-order valence-corrected chi connectivity index (χ3v) is 2.57. The minimum Gasteiger partial charge on any atom is -0.355 e. The SMILES string of the molecule is COC(CNCCc1ccc([N+](=O)[O-])cc1)OC. The van der Waals surface area contributed by atoms with E-state index in [1.165, 1.54) is 12.1 Å². The summed E-state index contributed by atoms with van der Waals surface area (Å²) in [4.78, 5) is 10.1. The van der Waals surface area contributed by atoms with Crippen molar-refractivity contribution in [3.05, 3.63) is 39.9 Å². The largest absolute Gasteiger partial charge is 0.355 e. The van der Waals surface area contributed by atoms with Crippen molar-refractivity contribution in [2.45, 2.75) is 12.7 Å². The Bertz CT molecular complexity index is 363. The van der Waals surface area contributed by atoms with Crippen molar-refractivity contribution in [3.8, 4) is 0 Å². The molecule has 0 saturated carbocycles. The average Bonchev–Trinajstić information content (AvgIpc) is 2.39. The van der Waals surface area contributed by atoms with Crippen molar-refractivity contribution in [1.82, 2.24) is 5.32 Å². The quantitative estimate of drug-likeness (QED) is 0.328. The second-order valence-electron chi connectivity index (χ2n) is 3.78. The molecule has 0 radical (unpaired) electrons. The number of nitrogens with one attached hydrogen (secondary N) is 1. The standard InChI is InChI=1S/C12H18N2O4/c1-17-12(18-2)9-13-8-7-10-3-5-11(6-4-10)14(15)16/h3-6,12-13H,7-9H2,1-2H3. The molecule has 1 aromatic carbocycles. The molecule has 0 heterocycles. The van der Waals surface area contributed by atoms with Crippen molar-refractivity contribution >= 4 is 5.69 Å². The van der Waals surface area contributed by atoms with Crippen LogP contribution in [0.1, 0.15) is 5.56 Å². The van der Waals surface area contributed by atoms with Crippen LogP contribution in [0.4, 0.5) is 5.69 Å². The van der Waals surface area contributed by atoms with Crippen molar-refractivity contribution in [2.24, 2.45) is 0 Å². The van der Waals surface area contributed by atoms with Crippen LogP contribution in [0.25, 0.3) is 0 Å². The molecule has 0 bridgehead atoms. The molecule has 0 aromatic heterocycles. The topological polar surface area (TPSA) is 73.6 Å². The molecule has 0 aliphatic carbocycles. The summed E-state index contributed by atoms with van der Waals surface area (Å²) >= 11 is 0. The zero-order valence-electron chi connectivity index (χ0n) is 10.6. The Kier molecular flexibility index (Phi) is 6.27. The molecule has 18 heavy (non-hydrogen) atoms. The molecule has 6 nitrogen and oxygen atoms in total. The number of nitrogens with zero attached hydrogens (tertiary/aromatic N) is 1. The number of nitro benzene ring substituents is 1. The number of nitro groups is 1. The number of hydrogen-bond donors (Lipinski definition) is 1. The summed E-state index contributed by atoms with van der Waals surface area (Å²) in [5, 5.41) is 13.7. The molecule has 6 heteroatoms. The molecular weight excluding hydrogens is 236 g/mol. The van der Waals surface area contributed by atoms with Crippen LogP contribution < -0.4 is 5.32 Å². The van der Waals surface area contributed by atoms with E-state index in [-0.39, 0.29) is 12.0 Å². The van der Waals surface area contributed by atoms with Gasteiger partial charge in [-0.05, 0) is 18.5 Å². The molecule has 1 N–H and O–H groups in total. The summed E-state index contributed by atoms with van der Waals surface area (Å²) in [6.45, 7) is 1.38. The van der Waals surface area contributed by atoms with E-state index >= 15 is 0 Å². The summed E-state index contributed by atoms with van der Waals surface area (Å²) in [6, 6.07) is 6.57. The molecule has 0 saturated heterocycles. The summed E-state index contributed by atoms with van der Waals surface area (Å²) in [5.41, 5.74) is 1.17. The number of ether oxygens (including phenoxy) is 2. The van der Waals surface area contributed by atoms with Crippen LogP contribution >= 0.6 is 0 Å². The van der Waals surface area contributed by atoms with E-state index in [0.717, 1.165) is 18.5 Å². The first-order chi connectivity index (χ1) is 8.67. The van der Waals surface area contributed by atoms with E-state index in [1.54, 1.807) is 26.4 Å². The zero-order valence-corrected chi connectivity index (χ0v) is 10.6. The summed E-state index contributed by atoms with van der Waals surface area (Å²) < 4.78 is 10.1. The van der Waals surface area contributed by atoms with Gasteiger partial charge in [0.25, 0.3) is 5.69 Å². The highest BCUT2D eigenvalue weighted by atomic mass is 16.7. The van der Waals surface area contributed by atoms with Crippen LogP contribution in [0.2, 0.25) is 0 Å². The Morgan fingerprint density at radius 1 is 1.28 bits per heavy atom. The molecule has 0 spiro atoms. The van der Waals surface area contributed by atoms with Crippen molar-refractivity contribution in [3.63, 3.8) is 0 Å². The van der Waals surface area contributed by atoms with Gasteiger partial charge >= 0.3 is 0 Å². The number of rotatable bonds is 8. The fourth-order valence-corrected chi connectivity index (χ4v) is 1.50. The van der Waals surface area contributed by atoms with Gasteiger partial charge in [0.2, 0.25) is 0 Å². The van der Waals surface area contributed by atoms with E-state index in [0.29, 0.717) is 6.54 Å². The highest BCUT2D eigenvalue weighted by molar-refractivity contribution is 5.32. The van der Waals surface area contributed by atoms with Gasteiger partial charge in [0.05, 0.1) is 4.92 Å². The third-order valence-electron chi connectivity index (χ3n) is 2.57. The maximum Gasteiger partial charge on any atom is 0.269 e. The van der Waals surface area contributed by atoms with Crippen molar-refractivity contribution < 1.29 is 14.4 Å². The lowest BCUT2D eigenvalue weighted by Gasteiger charge is -2.13. The highest BCUT2D eigenvalue weighted by Crippen LogP contribution is 2.11. The molecular formula is C12H18N2O4. The van der Waals surface area contributed by atoms with Gasteiger partial charge in [0.15, 0.2) is 6.29 Å². The Labute approximate surface area is 106 Å². The predicted molar refractivity (Wildman–Crippen MR) is 67.5 cm³/mol. The van der Waals surface area contributed by atoms with E-state index in [2.05, 4.69) is 5.32 Å². The molecule has 0 fully saturated rings. The zero-order chi connectivity index (χ0) is 13.4. The second kappa shape index (κ2) is 7.75. The Morgan fingerprint density at radius 3 is 2.39 bits per heavy atom. The molecule has 100 valence electrons. The van der Waals surface area contributed by atoms with Gasteiger partial charge in [-0.3, -0.25) is 10.1 Å². The lowest BCUT2D eigenvalue weighted by atomic mass is 10.1. The van der Waals surface area contributed by atoms with E-state index in [1.807, 2.05) is 0 Å². The number of methoxy groups -OCH3 is 2. The summed E-state index contributed by atoms with van der Waals surface area (Å²) in [7, 11) is 3.18. The van der Waals surface area contributed by atoms with Gasteiger partial charge in [0, 0.05) is 32.9 Å². The Balaban J connectivity index is 2.29. The van der Waals surface area contributed by atoms with E-state index in [9.17, 15) is 10.1 Å². The number of non-ortho nitro benzene ring substituents is 1. The fourth-order valence-electron chi connectivity index (χ4n) is 1.50. The van der Waals surface area contributed by atoms with Gasteiger partial charge in [-0.1, -0.05) is 12.1 Å². The van der Waals surface area contributed by atoms with Crippen LogP contribution in [0.5, 0.6) is 0 Å². The fraction of sp³-hybridized carbons (Fsp3) is 0.500.